The second-order valence-corrected chi connectivity index (χ2v) is 5.06. The SMILES string of the molecule is CCCOc1nc(Cl)nc(Nc2cc(Br)ccc2F)n1. The topological polar surface area (TPSA) is 59.9 Å². The molecular weight excluding hydrogens is 351 g/mol. The van der Waals surface area contributed by atoms with Crippen LogP contribution in [0.2, 0.25) is 5.28 Å². The van der Waals surface area contributed by atoms with Crippen molar-refractivity contribution in [3.63, 3.8) is 0 Å². The van der Waals surface area contributed by atoms with Gasteiger partial charge < -0.3 is 10.1 Å². The molecule has 0 fully saturated rings. The number of hydrogen-bond acceptors (Lipinski definition) is 5. The van der Waals surface area contributed by atoms with Gasteiger partial charge in [-0.2, -0.15) is 15.0 Å². The van der Waals surface area contributed by atoms with Crippen LogP contribution in [0.3, 0.4) is 0 Å². The maximum atomic E-state index is 13.6. The number of anilines is 2. The fourth-order valence-corrected chi connectivity index (χ4v) is 1.87. The fourth-order valence-electron chi connectivity index (χ4n) is 1.36. The van der Waals surface area contributed by atoms with Crippen molar-refractivity contribution >= 4 is 39.2 Å². The van der Waals surface area contributed by atoms with Crippen molar-refractivity contribution < 1.29 is 9.13 Å². The molecule has 0 spiro atoms. The molecule has 1 N–H and O–H groups in total. The van der Waals surface area contributed by atoms with Gasteiger partial charge in [0.15, 0.2) is 0 Å². The van der Waals surface area contributed by atoms with Crippen LogP contribution >= 0.6 is 27.5 Å². The Kier molecular flexibility index (Phi) is 5.08. The van der Waals surface area contributed by atoms with Crippen LogP contribution in [0.5, 0.6) is 6.01 Å². The molecule has 5 nitrogen and oxygen atoms in total. The third-order valence-electron chi connectivity index (χ3n) is 2.20. The van der Waals surface area contributed by atoms with E-state index in [1.807, 2.05) is 6.92 Å². The van der Waals surface area contributed by atoms with E-state index in [0.717, 1.165) is 10.9 Å². The van der Waals surface area contributed by atoms with Gasteiger partial charge in [-0.3, -0.25) is 0 Å². The Labute approximate surface area is 128 Å². The lowest BCUT2D eigenvalue weighted by atomic mass is 10.3. The van der Waals surface area contributed by atoms with Gasteiger partial charge in [-0.25, -0.2) is 4.39 Å². The van der Waals surface area contributed by atoms with E-state index >= 15 is 0 Å². The molecule has 2 aromatic rings. The van der Waals surface area contributed by atoms with E-state index in [9.17, 15) is 4.39 Å². The molecule has 0 saturated carbocycles. The Morgan fingerprint density at radius 2 is 2.15 bits per heavy atom. The van der Waals surface area contributed by atoms with Gasteiger partial charge in [0, 0.05) is 4.47 Å². The van der Waals surface area contributed by atoms with Crippen molar-refractivity contribution in [1.29, 1.82) is 0 Å². The summed E-state index contributed by atoms with van der Waals surface area (Å²) in [7, 11) is 0. The second-order valence-electron chi connectivity index (χ2n) is 3.81. The van der Waals surface area contributed by atoms with Gasteiger partial charge in [0.2, 0.25) is 11.2 Å². The lowest BCUT2D eigenvalue weighted by molar-refractivity contribution is 0.292. The van der Waals surface area contributed by atoms with E-state index in [2.05, 4.69) is 36.2 Å². The van der Waals surface area contributed by atoms with Gasteiger partial charge in [-0.15, -0.1) is 0 Å². The van der Waals surface area contributed by atoms with Crippen LogP contribution in [0.25, 0.3) is 0 Å². The number of hydrogen-bond donors (Lipinski definition) is 1. The molecule has 0 amide bonds. The first-order chi connectivity index (χ1) is 9.58. The smallest absolute Gasteiger partial charge is 0.322 e. The Hall–Kier alpha value is -1.47. The second kappa shape index (κ2) is 6.81. The molecule has 8 heteroatoms. The van der Waals surface area contributed by atoms with E-state index in [1.165, 1.54) is 6.07 Å². The highest BCUT2D eigenvalue weighted by Gasteiger charge is 2.09. The Bertz CT molecular complexity index is 614. The average Bonchev–Trinajstić information content (AvgIpc) is 2.40. The third-order valence-corrected chi connectivity index (χ3v) is 2.86. The Morgan fingerprint density at radius 3 is 2.90 bits per heavy atom. The minimum absolute atomic E-state index is 0.0241. The molecule has 0 bridgehead atoms. The number of halogens is 3. The van der Waals surface area contributed by atoms with Crippen LogP contribution in [0.1, 0.15) is 13.3 Å². The highest BCUT2D eigenvalue weighted by Crippen LogP contribution is 2.23. The van der Waals surface area contributed by atoms with Crippen molar-refractivity contribution in [2.24, 2.45) is 0 Å². The highest BCUT2D eigenvalue weighted by molar-refractivity contribution is 9.10. The molecule has 0 aliphatic carbocycles. The third kappa shape index (κ3) is 4.01. The largest absolute Gasteiger partial charge is 0.463 e. The van der Waals surface area contributed by atoms with Crippen LogP contribution in [-0.2, 0) is 0 Å². The quantitative estimate of drug-likeness (QED) is 0.873. The van der Waals surface area contributed by atoms with Crippen LogP contribution in [0.15, 0.2) is 22.7 Å². The fraction of sp³-hybridized carbons (Fsp3) is 0.250. The number of rotatable bonds is 5. The van der Waals surface area contributed by atoms with E-state index in [0.29, 0.717) is 6.61 Å². The summed E-state index contributed by atoms with van der Waals surface area (Å²) in [6.45, 7) is 2.42. The first-order valence-corrected chi connectivity index (χ1v) is 7.02. The number of nitrogens with one attached hydrogen (secondary N) is 1. The number of benzene rings is 1. The van der Waals surface area contributed by atoms with Gasteiger partial charge in [0.05, 0.1) is 12.3 Å². The van der Waals surface area contributed by atoms with Crippen molar-refractivity contribution in [3.8, 4) is 6.01 Å². The lowest BCUT2D eigenvalue weighted by Crippen LogP contribution is -2.05. The van der Waals surface area contributed by atoms with Crippen molar-refractivity contribution in [1.82, 2.24) is 15.0 Å². The van der Waals surface area contributed by atoms with Gasteiger partial charge in [0.1, 0.15) is 5.82 Å². The molecule has 106 valence electrons. The Morgan fingerprint density at radius 1 is 1.35 bits per heavy atom. The Balaban J connectivity index is 2.24. The molecule has 0 radical (unpaired) electrons. The first kappa shape index (κ1) is 14.9. The molecule has 1 heterocycles. The summed E-state index contributed by atoms with van der Waals surface area (Å²) in [5.74, 6) is -0.311. The van der Waals surface area contributed by atoms with Crippen molar-refractivity contribution in [3.05, 3.63) is 33.8 Å². The molecule has 0 unspecified atom stereocenters. The molecule has 20 heavy (non-hydrogen) atoms. The monoisotopic (exact) mass is 360 g/mol. The lowest BCUT2D eigenvalue weighted by Gasteiger charge is -2.08. The van der Waals surface area contributed by atoms with Crippen molar-refractivity contribution in [2.75, 3.05) is 11.9 Å². The van der Waals surface area contributed by atoms with Crippen LogP contribution in [0.4, 0.5) is 16.0 Å². The summed E-state index contributed by atoms with van der Waals surface area (Å²) >= 11 is 9.04. The number of aromatic nitrogens is 3. The van der Waals surface area contributed by atoms with Gasteiger partial charge in [0.25, 0.3) is 0 Å². The molecule has 0 aliphatic heterocycles. The predicted molar refractivity (Wildman–Crippen MR) is 78.0 cm³/mol. The average molecular weight is 362 g/mol. The first-order valence-electron chi connectivity index (χ1n) is 5.85. The zero-order valence-corrected chi connectivity index (χ0v) is 12.9. The highest BCUT2D eigenvalue weighted by atomic mass is 79.9. The van der Waals surface area contributed by atoms with E-state index < -0.39 is 5.82 Å². The molecule has 1 aromatic carbocycles. The molecule has 0 atom stereocenters. The summed E-state index contributed by atoms with van der Waals surface area (Å²) in [4.78, 5) is 11.7. The maximum absolute atomic E-state index is 13.6. The number of ether oxygens (including phenoxy) is 1. The van der Waals surface area contributed by atoms with E-state index in [-0.39, 0.29) is 22.9 Å². The minimum atomic E-state index is -0.430. The van der Waals surface area contributed by atoms with E-state index in [4.69, 9.17) is 16.3 Å². The zero-order chi connectivity index (χ0) is 14.5. The van der Waals surface area contributed by atoms with Gasteiger partial charge in [-0.1, -0.05) is 22.9 Å². The van der Waals surface area contributed by atoms with Crippen LogP contribution < -0.4 is 10.1 Å². The summed E-state index contributed by atoms with van der Waals surface area (Å²) < 4.78 is 19.6. The number of nitrogens with zero attached hydrogens (tertiary/aromatic N) is 3. The molecule has 1 aromatic heterocycles. The maximum Gasteiger partial charge on any atom is 0.322 e. The standard InChI is InChI=1S/C12H11BrClFN4O/c1-2-5-20-12-18-10(14)17-11(19-12)16-9-6-7(13)3-4-8(9)15/h3-4,6H,2,5H2,1H3,(H,16,17,18,19). The molecule has 0 aliphatic rings. The van der Waals surface area contributed by atoms with E-state index in [1.54, 1.807) is 12.1 Å². The summed E-state index contributed by atoms with van der Waals surface area (Å²) in [5.41, 5.74) is 0.225. The van der Waals surface area contributed by atoms with Gasteiger partial charge in [-0.05, 0) is 36.2 Å². The molecule has 0 saturated heterocycles. The minimum Gasteiger partial charge on any atom is -0.463 e. The molecule has 2 rings (SSSR count). The summed E-state index contributed by atoms with van der Waals surface area (Å²) in [5, 5.41) is 2.71. The van der Waals surface area contributed by atoms with Crippen molar-refractivity contribution in [2.45, 2.75) is 13.3 Å². The predicted octanol–water partition coefficient (Wildman–Crippen LogP) is 3.96. The summed E-state index contributed by atoms with van der Waals surface area (Å²) in [6.07, 6.45) is 0.812. The van der Waals surface area contributed by atoms with Crippen LogP contribution in [0, 0.1) is 5.82 Å². The summed E-state index contributed by atoms with van der Waals surface area (Å²) in [6, 6.07) is 4.59. The van der Waals surface area contributed by atoms with Gasteiger partial charge >= 0.3 is 6.01 Å². The van der Waals surface area contributed by atoms with Crippen LogP contribution in [-0.4, -0.2) is 21.6 Å². The zero-order valence-electron chi connectivity index (χ0n) is 10.5. The normalized spacial score (nSPS) is 10.4. The molecular formula is C12H11BrClFN4O.